The summed E-state index contributed by atoms with van der Waals surface area (Å²) in [6.45, 7) is 27.1. The molecule has 0 spiro atoms. The van der Waals surface area contributed by atoms with Gasteiger partial charge in [0.25, 0.3) is 17.7 Å². The largest absolute Gasteiger partial charge is 0.473 e. The van der Waals surface area contributed by atoms with E-state index in [4.69, 9.17) is 14.2 Å². The third-order valence-electron chi connectivity index (χ3n) is 18.6. The van der Waals surface area contributed by atoms with E-state index in [1.54, 1.807) is 12.1 Å². The number of sulfonamides is 1. The Hall–Kier alpha value is -8.72. The highest BCUT2D eigenvalue weighted by Crippen LogP contribution is 2.19. The van der Waals surface area contributed by atoms with Crippen molar-refractivity contribution in [3.63, 3.8) is 0 Å². The van der Waals surface area contributed by atoms with Crippen LogP contribution in [0.1, 0.15) is 140 Å². The van der Waals surface area contributed by atoms with E-state index in [1.165, 1.54) is 37.9 Å². The van der Waals surface area contributed by atoms with Gasteiger partial charge >= 0.3 is 0 Å². The minimum Gasteiger partial charge on any atom is -0.473 e. The number of hydrogen-bond acceptors (Lipinski definition) is 18. The Morgan fingerprint density at radius 2 is 0.938 bits per heavy atom. The summed E-state index contributed by atoms with van der Waals surface area (Å²) in [5.74, 6) is 1.29. The molecule has 3 aliphatic heterocycles. The molecular weight excluding hydrogens is 1440 g/mol. The van der Waals surface area contributed by atoms with Crippen LogP contribution in [0.15, 0.2) is 188 Å². The number of carbonyl (C=O) groups is 5. The molecule has 0 saturated carbocycles. The standard InChI is InChI=1S/C21H27N3O3.C15H24N2O2.C15H24N2O.C14H19NO.C13H17NO2.C12H20N2O2S/c25-21(22-11-6-12-24-13-15-26-16-14-24)19-9-4-5-10-20(19)23-17-27-18-7-2-1-3-8-18;1-12-4-6-13(7-5-12)15(19)16-10-8-14(18)9-11-17(2)3;1-12-6-8-13(9-7-12)14(18)16-10-15(2,3)11-17(4)5;16-14(13-7-3-1-4-8-13)9-12-15-10-5-2-6-11-15;15-13(12-4-2-1-3-5-12)6-7-14-8-10-16-11-9-14;1-11-5-7-12(8-6-11)13-17(15,16)10-4-9-14(2)3/h1-5,7-10,23H,6,11-17H2,(H,22,25);4-7,14,18H,8-11H2,1-3H3,(H,16,19);6-9H,10-11H2,1-5H3,(H,16,18);1,3-4,7-8H,2,5-6,9-12H2;1-5H,6-11H2;5-8,13H,4,9-10H2,1-3H3. The maximum atomic E-state index is 12.5. The minimum atomic E-state index is -3.22. The fraction of sp³-hybridized carbons (Fsp3) is 0.478. The Balaban J connectivity index is 0.000000245. The average molecular weight is 1580 g/mol. The Labute approximate surface area is 675 Å². The van der Waals surface area contributed by atoms with Gasteiger partial charge in [-0.1, -0.05) is 164 Å². The highest BCUT2D eigenvalue weighted by molar-refractivity contribution is 7.92. The first-order valence-corrected chi connectivity index (χ1v) is 41.6. The maximum absolute atomic E-state index is 12.5. The number of aliphatic hydroxyl groups is 1. The minimum absolute atomic E-state index is 0.00170. The van der Waals surface area contributed by atoms with Gasteiger partial charge in [0.15, 0.2) is 18.3 Å². The van der Waals surface area contributed by atoms with E-state index in [0.29, 0.717) is 68.9 Å². The predicted octanol–water partition coefficient (Wildman–Crippen LogP) is 12.4. The van der Waals surface area contributed by atoms with E-state index in [0.717, 1.165) is 144 Å². The number of morpholine rings is 2. The maximum Gasteiger partial charge on any atom is 0.253 e. The summed E-state index contributed by atoms with van der Waals surface area (Å²) in [7, 11) is 8.69. The van der Waals surface area contributed by atoms with Gasteiger partial charge in [0.2, 0.25) is 10.0 Å². The van der Waals surface area contributed by atoms with E-state index in [2.05, 4.69) is 59.4 Å². The zero-order valence-corrected chi connectivity index (χ0v) is 70.1. The number of Topliss-reactive ketones (excluding diaryl/α,β-unsaturated/α-hetero) is 2. The number of para-hydroxylation sites is 2. The lowest BCUT2D eigenvalue weighted by molar-refractivity contribution is 0.0370. The van der Waals surface area contributed by atoms with E-state index < -0.39 is 10.0 Å². The molecule has 3 heterocycles. The summed E-state index contributed by atoms with van der Waals surface area (Å²) >= 11 is 0. The predicted molar refractivity (Wildman–Crippen MR) is 459 cm³/mol. The Morgan fingerprint density at radius 1 is 0.487 bits per heavy atom. The molecule has 0 radical (unpaired) electrons. The van der Waals surface area contributed by atoms with Crippen LogP contribution in [0.4, 0.5) is 11.4 Å². The second-order valence-corrected chi connectivity index (χ2v) is 32.2. The van der Waals surface area contributed by atoms with Gasteiger partial charge in [0.1, 0.15) is 5.75 Å². The molecule has 0 aliphatic carbocycles. The van der Waals surface area contributed by atoms with Crippen LogP contribution < -0.4 is 30.7 Å². The Morgan fingerprint density at radius 3 is 1.44 bits per heavy atom. The van der Waals surface area contributed by atoms with Crippen molar-refractivity contribution in [1.29, 1.82) is 0 Å². The molecule has 1 atom stereocenters. The summed E-state index contributed by atoms with van der Waals surface area (Å²) in [5, 5.41) is 21.8. The number of benzene rings is 7. The number of likely N-dealkylation sites (tertiary alicyclic amines) is 1. The number of hydrogen-bond donors (Lipinski definition) is 6. The summed E-state index contributed by atoms with van der Waals surface area (Å²) in [5.41, 5.74) is 8.55. The first kappa shape index (κ1) is 94.9. The molecule has 3 fully saturated rings. The van der Waals surface area contributed by atoms with Crippen LogP contribution in [0.3, 0.4) is 0 Å². The SMILES string of the molecule is Cc1ccc(C(=O)NCC(C)(C)CN(C)C)cc1.Cc1ccc(C(=O)NCCC(O)CCN(C)C)cc1.Cc1ccc(NS(=O)(=O)CCCN(C)C)cc1.O=C(CCN1CCCCC1)c1ccccc1.O=C(CCN1CCOCC1)c1ccccc1.O=C(NCCCN1CCOCC1)c1ccccc1NCOc1ccccc1. The highest BCUT2D eigenvalue weighted by Gasteiger charge is 2.21. The van der Waals surface area contributed by atoms with Gasteiger partial charge in [0, 0.05) is 112 Å². The number of piperidine rings is 1. The van der Waals surface area contributed by atoms with Crippen molar-refractivity contribution in [2.75, 3.05) is 189 Å². The number of amides is 3. The van der Waals surface area contributed by atoms with Gasteiger partial charge in [-0.25, -0.2) is 8.42 Å². The lowest BCUT2D eigenvalue weighted by Gasteiger charge is -2.28. The summed E-state index contributed by atoms with van der Waals surface area (Å²) < 4.78 is 42.3. The van der Waals surface area contributed by atoms with Crippen molar-refractivity contribution in [2.24, 2.45) is 5.41 Å². The monoisotopic (exact) mass is 1570 g/mol. The summed E-state index contributed by atoms with van der Waals surface area (Å²) in [6, 6.07) is 58.6. The molecule has 618 valence electrons. The summed E-state index contributed by atoms with van der Waals surface area (Å²) in [6.07, 6.45) is 7.71. The number of nitrogens with zero attached hydrogens (tertiary/aromatic N) is 6. The molecule has 3 aliphatic rings. The first-order chi connectivity index (χ1) is 54.2. The molecule has 0 bridgehead atoms. The number of aliphatic hydroxyl groups excluding tert-OH is 1. The number of rotatable bonds is 35. The normalized spacial score (nSPS) is 14.1. The molecule has 1 unspecified atom stereocenters. The average Bonchev–Trinajstić information content (AvgIpc) is 0.726. The zero-order chi connectivity index (χ0) is 82.1. The Kier molecular flexibility index (Phi) is 45.4. The van der Waals surface area contributed by atoms with Crippen molar-refractivity contribution in [2.45, 2.75) is 98.5 Å². The fourth-order valence-electron chi connectivity index (χ4n) is 12.2. The number of anilines is 2. The van der Waals surface area contributed by atoms with Gasteiger partial charge in [-0.05, 0) is 200 Å². The fourth-order valence-corrected chi connectivity index (χ4v) is 13.3. The van der Waals surface area contributed by atoms with Crippen molar-refractivity contribution < 1.29 is 51.7 Å². The lowest BCUT2D eigenvalue weighted by Crippen LogP contribution is -2.39. The van der Waals surface area contributed by atoms with Crippen LogP contribution in [0.25, 0.3) is 0 Å². The second kappa shape index (κ2) is 54.1. The third kappa shape index (κ3) is 42.8. The molecule has 10 rings (SSSR count). The molecule has 3 saturated heterocycles. The molecule has 113 heavy (non-hydrogen) atoms. The van der Waals surface area contributed by atoms with Crippen molar-refractivity contribution in [1.82, 2.24) is 45.3 Å². The van der Waals surface area contributed by atoms with Gasteiger partial charge < -0.3 is 60.2 Å². The molecule has 3 amide bonds. The van der Waals surface area contributed by atoms with Crippen molar-refractivity contribution in [3.05, 3.63) is 233 Å². The van der Waals surface area contributed by atoms with Crippen LogP contribution in [-0.4, -0.2) is 258 Å². The molecule has 7 aromatic rings. The van der Waals surface area contributed by atoms with Crippen LogP contribution >= 0.6 is 0 Å². The number of ether oxygens (including phenoxy) is 3. The van der Waals surface area contributed by atoms with E-state index >= 15 is 0 Å². The van der Waals surface area contributed by atoms with Crippen LogP contribution in [0.5, 0.6) is 5.75 Å². The molecular formula is C90H131N11O11S. The molecule has 0 aromatic heterocycles. The molecule has 7 aromatic carbocycles. The number of nitrogens with one attached hydrogen (secondary N) is 5. The molecule has 6 N–H and O–H groups in total. The molecule has 22 nitrogen and oxygen atoms in total. The molecule has 23 heteroatoms. The zero-order valence-electron chi connectivity index (χ0n) is 69.3. The van der Waals surface area contributed by atoms with Crippen LogP contribution in [-0.2, 0) is 19.5 Å². The number of aryl methyl sites for hydroxylation is 3. The lowest BCUT2D eigenvalue weighted by atomic mass is 9.93. The third-order valence-corrected chi connectivity index (χ3v) is 20.0. The highest BCUT2D eigenvalue weighted by atomic mass is 32.2. The van der Waals surface area contributed by atoms with Crippen molar-refractivity contribution in [3.8, 4) is 5.75 Å². The van der Waals surface area contributed by atoms with Crippen LogP contribution in [0, 0.1) is 26.2 Å². The van der Waals surface area contributed by atoms with Gasteiger partial charge in [-0.3, -0.25) is 38.5 Å². The number of ketones is 2. The smallest absolute Gasteiger partial charge is 0.253 e. The second-order valence-electron chi connectivity index (χ2n) is 30.4. The quantitative estimate of drug-likeness (QED) is 0.0123. The topological polar surface area (TPSA) is 247 Å². The van der Waals surface area contributed by atoms with Gasteiger partial charge in [0.05, 0.1) is 43.8 Å². The van der Waals surface area contributed by atoms with Gasteiger partial charge in [-0.15, -0.1) is 0 Å². The van der Waals surface area contributed by atoms with E-state index in [9.17, 15) is 37.5 Å². The van der Waals surface area contributed by atoms with E-state index in [-0.39, 0.29) is 46.6 Å². The first-order valence-electron chi connectivity index (χ1n) is 39.9. The number of carbonyl (C=O) groups excluding carboxylic acids is 5. The van der Waals surface area contributed by atoms with Crippen LogP contribution in [0.2, 0.25) is 0 Å². The Bertz CT molecular complexity index is 3810. The van der Waals surface area contributed by atoms with E-state index in [1.807, 2.05) is 249 Å². The van der Waals surface area contributed by atoms with Gasteiger partial charge in [-0.2, -0.15) is 0 Å². The summed E-state index contributed by atoms with van der Waals surface area (Å²) in [4.78, 5) is 73.2. The van der Waals surface area contributed by atoms with Crippen molar-refractivity contribution >= 4 is 50.7 Å².